The van der Waals surface area contributed by atoms with Gasteiger partial charge in [-0.3, -0.25) is 4.90 Å². The maximum Gasteiger partial charge on any atom is 0.129 e. The van der Waals surface area contributed by atoms with Gasteiger partial charge in [-0.2, -0.15) is 0 Å². The number of piperazine rings is 1. The number of hydrogen-bond donors (Lipinski definition) is 1. The number of benzene rings is 1. The van der Waals surface area contributed by atoms with Gasteiger partial charge >= 0.3 is 0 Å². The van der Waals surface area contributed by atoms with Crippen molar-refractivity contribution in [2.45, 2.75) is 53.2 Å². The molecule has 0 amide bonds. The summed E-state index contributed by atoms with van der Waals surface area (Å²) in [7, 11) is 0. The number of rotatable bonds is 3. The molecule has 1 saturated heterocycles. The summed E-state index contributed by atoms with van der Waals surface area (Å²) >= 11 is 0. The summed E-state index contributed by atoms with van der Waals surface area (Å²) in [6.45, 7) is 13.5. The van der Waals surface area contributed by atoms with Crippen LogP contribution in [0.25, 0.3) is 0 Å². The predicted molar refractivity (Wildman–Crippen MR) is 82.4 cm³/mol. The number of hydrogen-bond acceptors (Lipinski definition) is 2. The van der Waals surface area contributed by atoms with Crippen LogP contribution in [0.5, 0.6) is 0 Å². The Morgan fingerprint density at radius 2 is 1.90 bits per heavy atom. The first-order chi connectivity index (χ1) is 9.38. The summed E-state index contributed by atoms with van der Waals surface area (Å²) in [4.78, 5) is 2.51. The van der Waals surface area contributed by atoms with Crippen LogP contribution in [0, 0.1) is 25.6 Å². The van der Waals surface area contributed by atoms with Crippen molar-refractivity contribution < 1.29 is 4.39 Å². The van der Waals surface area contributed by atoms with Gasteiger partial charge in [-0.05, 0) is 43.4 Å². The van der Waals surface area contributed by atoms with E-state index in [2.05, 4.69) is 31.0 Å². The lowest BCUT2D eigenvalue weighted by molar-refractivity contribution is 0.116. The second-order valence-electron chi connectivity index (χ2n) is 6.58. The molecule has 0 saturated carbocycles. The largest absolute Gasteiger partial charge is 0.311 e. The highest BCUT2D eigenvalue weighted by Crippen LogP contribution is 2.19. The zero-order valence-corrected chi connectivity index (χ0v) is 13.3. The molecule has 20 heavy (non-hydrogen) atoms. The molecule has 2 rings (SSSR count). The standard InChI is InChI=1S/C17H27FN2/c1-11(2)16-10-20(14(5)8-19-16)9-15-6-12(3)17(18)13(4)7-15/h6-7,11,14,16,19H,8-10H2,1-5H3. The van der Waals surface area contributed by atoms with Crippen LogP contribution in [0.4, 0.5) is 4.39 Å². The third-order valence-corrected chi connectivity index (χ3v) is 4.42. The van der Waals surface area contributed by atoms with Crippen molar-refractivity contribution in [1.82, 2.24) is 10.2 Å². The monoisotopic (exact) mass is 278 g/mol. The molecule has 3 heteroatoms. The van der Waals surface area contributed by atoms with E-state index in [1.54, 1.807) is 0 Å². The van der Waals surface area contributed by atoms with Crippen molar-refractivity contribution in [3.63, 3.8) is 0 Å². The Bertz CT molecular complexity index is 447. The van der Waals surface area contributed by atoms with Gasteiger partial charge in [0.25, 0.3) is 0 Å². The Morgan fingerprint density at radius 1 is 1.30 bits per heavy atom. The molecular weight excluding hydrogens is 251 g/mol. The molecule has 1 fully saturated rings. The molecule has 1 N–H and O–H groups in total. The maximum atomic E-state index is 13.7. The minimum absolute atomic E-state index is 0.0674. The lowest BCUT2D eigenvalue weighted by Crippen LogP contribution is -2.56. The zero-order chi connectivity index (χ0) is 14.9. The summed E-state index contributed by atoms with van der Waals surface area (Å²) in [5.74, 6) is 0.573. The molecular formula is C17H27FN2. The molecule has 2 nitrogen and oxygen atoms in total. The normalized spacial score (nSPS) is 24.4. The van der Waals surface area contributed by atoms with Crippen molar-refractivity contribution in [2.75, 3.05) is 13.1 Å². The SMILES string of the molecule is Cc1cc(CN2CC(C(C)C)NCC2C)cc(C)c1F. The van der Waals surface area contributed by atoms with E-state index in [0.717, 1.165) is 30.8 Å². The first-order valence-electron chi connectivity index (χ1n) is 7.61. The van der Waals surface area contributed by atoms with Gasteiger partial charge in [-0.15, -0.1) is 0 Å². The van der Waals surface area contributed by atoms with Gasteiger partial charge in [-0.1, -0.05) is 26.0 Å². The Morgan fingerprint density at radius 3 is 2.45 bits per heavy atom. The second kappa shape index (κ2) is 6.23. The number of nitrogens with one attached hydrogen (secondary N) is 1. The van der Waals surface area contributed by atoms with Crippen LogP contribution in [0.3, 0.4) is 0 Å². The topological polar surface area (TPSA) is 15.3 Å². The van der Waals surface area contributed by atoms with Crippen LogP contribution in [-0.4, -0.2) is 30.1 Å². The first kappa shape index (κ1) is 15.5. The van der Waals surface area contributed by atoms with Crippen molar-refractivity contribution >= 4 is 0 Å². The summed E-state index contributed by atoms with van der Waals surface area (Å²) in [5, 5.41) is 3.61. The molecule has 1 heterocycles. The second-order valence-corrected chi connectivity index (χ2v) is 6.58. The molecule has 0 aromatic heterocycles. The van der Waals surface area contributed by atoms with E-state index in [1.165, 1.54) is 5.56 Å². The Hall–Kier alpha value is -0.930. The molecule has 1 aliphatic heterocycles. The molecule has 2 unspecified atom stereocenters. The average Bonchev–Trinajstić information content (AvgIpc) is 2.38. The van der Waals surface area contributed by atoms with E-state index < -0.39 is 0 Å². The van der Waals surface area contributed by atoms with Gasteiger partial charge in [0.15, 0.2) is 0 Å². The summed E-state index contributed by atoms with van der Waals surface area (Å²) in [6.07, 6.45) is 0. The molecule has 1 aliphatic rings. The Kier molecular flexibility index (Phi) is 4.82. The summed E-state index contributed by atoms with van der Waals surface area (Å²) < 4.78 is 13.7. The molecule has 0 bridgehead atoms. The fourth-order valence-electron chi connectivity index (χ4n) is 2.98. The van der Waals surface area contributed by atoms with Crippen molar-refractivity contribution in [2.24, 2.45) is 5.92 Å². The highest BCUT2D eigenvalue weighted by molar-refractivity contribution is 5.30. The molecule has 112 valence electrons. The maximum absolute atomic E-state index is 13.7. The molecule has 2 atom stereocenters. The average molecular weight is 278 g/mol. The number of nitrogens with zero attached hydrogens (tertiary/aromatic N) is 1. The van der Waals surface area contributed by atoms with Crippen LogP contribution in [-0.2, 0) is 6.54 Å². The molecule has 0 spiro atoms. The van der Waals surface area contributed by atoms with Gasteiger partial charge in [0.1, 0.15) is 5.82 Å². The van der Waals surface area contributed by atoms with E-state index in [4.69, 9.17) is 0 Å². The van der Waals surface area contributed by atoms with Crippen molar-refractivity contribution in [1.29, 1.82) is 0 Å². The molecule has 0 radical (unpaired) electrons. The van der Waals surface area contributed by atoms with E-state index in [1.807, 2.05) is 26.0 Å². The quantitative estimate of drug-likeness (QED) is 0.913. The predicted octanol–water partition coefficient (Wildman–Crippen LogP) is 3.26. The minimum atomic E-state index is -0.0674. The third-order valence-electron chi connectivity index (χ3n) is 4.42. The fraction of sp³-hybridized carbons (Fsp3) is 0.647. The summed E-state index contributed by atoms with van der Waals surface area (Å²) in [6, 6.07) is 5.05. The van der Waals surface area contributed by atoms with Crippen LogP contribution in [0.1, 0.15) is 37.5 Å². The fourth-order valence-corrected chi connectivity index (χ4v) is 2.98. The van der Waals surface area contributed by atoms with Gasteiger partial charge in [0, 0.05) is 31.7 Å². The first-order valence-corrected chi connectivity index (χ1v) is 7.61. The Labute approximate surface area is 122 Å². The van der Waals surface area contributed by atoms with Crippen LogP contribution in [0.15, 0.2) is 12.1 Å². The van der Waals surface area contributed by atoms with Crippen molar-refractivity contribution in [3.8, 4) is 0 Å². The van der Waals surface area contributed by atoms with E-state index in [-0.39, 0.29) is 5.82 Å². The van der Waals surface area contributed by atoms with E-state index in [9.17, 15) is 4.39 Å². The summed E-state index contributed by atoms with van der Waals surface area (Å²) in [5.41, 5.74) is 2.73. The van der Waals surface area contributed by atoms with E-state index in [0.29, 0.717) is 18.0 Å². The van der Waals surface area contributed by atoms with Gasteiger partial charge in [-0.25, -0.2) is 4.39 Å². The number of halogens is 1. The minimum Gasteiger partial charge on any atom is -0.311 e. The Balaban J connectivity index is 2.11. The van der Waals surface area contributed by atoms with Crippen LogP contribution >= 0.6 is 0 Å². The molecule has 0 aliphatic carbocycles. The lowest BCUT2D eigenvalue weighted by atomic mass is 9.98. The number of aryl methyl sites for hydroxylation is 2. The third kappa shape index (κ3) is 3.39. The van der Waals surface area contributed by atoms with E-state index >= 15 is 0 Å². The van der Waals surface area contributed by atoms with Gasteiger partial charge in [0.05, 0.1) is 0 Å². The zero-order valence-electron chi connectivity index (χ0n) is 13.3. The highest BCUT2D eigenvalue weighted by Gasteiger charge is 2.26. The van der Waals surface area contributed by atoms with Crippen LogP contribution in [0.2, 0.25) is 0 Å². The lowest BCUT2D eigenvalue weighted by Gasteiger charge is -2.40. The van der Waals surface area contributed by atoms with Gasteiger partial charge in [0.2, 0.25) is 0 Å². The highest BCUT2D eigenvalue weighted by atomic mass is 19.1. The molecule has 1 aromatic carbocycles. The molecule has 1 aromatic rings. The van der Waals surface area contributed by atoms with Gasteiger partial charge < -0.3 is 5.32 Å². The van der Waals surface area contributed by atoms with Crippen molar-refractivity contribution in [3.05, 3.63) is 34.6 Å². The van der Waals surface area contributed by atoms with Crippen LogP contribution < -0.4 is 5.32 Å². The smallest absolute Gasteiger partial charge is 0.129 e.